The highest BCUT2D eigenvalue weighted by atomic mass is 16.2. The quantitative estimate of drug-likeness (QED) is 0.753. The van der Waals surface area contributed by atoms with Gasteiger partial charge in [-0.2, -0.15) is 0 Å². The molecule has 2 aliphatic rings. The van der Waals surface area contributed by atoms with Gasteiger partial charge in [0.05, 0.1) is 6.04 Å². The van der Waals surface area contributed by atoms with Gasteiger partial charge < -0.3 is 20.9 Å². The van der Waals surface area contributed by atoms with E-state index in [-0.39, 0.29) is 23.9 Å². The highest BCUT2D eigenvalue weighted by Gasteiger charge is 2.46. The third-order valence-corrected chi connectivity index (χ3v) is 5.15. The van der Waals surface area contributed by atoms with Crippen LogP contribution in [0.4, 0.5) is 10.5 Å². The van der Waals surface area contributed by atoms with E-state index < -0.39 is 12.1 Å². The van der Waals surface area contributed by atoms with Crippen molar-refractivity contribution in [2.24, 2.45) is 0 Å². The number of carbonyl (C=O) groups excluding carboxylic acids is 3. The lowest BCUT2D eigenvalue weighted by atomic mass is 10.0. The molecule has 0 spiro atoms. The molecule has 4 rings (SSSR count). The van der Waals surface area contributed by atoms with Gasteiger partial charge in [-0.15, -0.1) is 0 Å². The second kappa shape index (κ2) is 7.72. The molecule has 28 heavy (non-hydrogen) atoms. The Balaban J connectivity index is 1.38. The average molecular weight is 378 g/mol. The van der Waals surface area contributed by atoms with Gasteiger partial charge in [0.2, 0.25) is 11.8 Å². The second-order valence-electron chi connectivity index (χ2n) is 7.15. The van der Waals surface area contributed by atoms with E-state index in [2.05, 4.69) is 16.0 Å². The number of rotatable bonds is 4. The van der Waals surface area contributed by atoms with Gasteiger partial charge in [0, 0.05) is 18.7 Å². The summed E-state index contributed by atoms with van der Waals surface area (Å²) >= 11 is 0. The average Bonchev–Trinajstić information content (AvgIpc) is 3.12. The molecule has 7 heteroatoms. The first-order chi connectivity index (χ1) is 13.6. The maximum Gasteiger partial charge on any atom is 0.319 e. The van der Waals surface area contributed by atoms with E-state index in [1.165, 1.54) is 0 Å². The Hall–Kier alpha value is -3.35. The largest absolute Gasteiger partial charge is 0.342 e. The van der Waals surface area contributed by atoms with Crippen molar-refractivity contribution in [3.05, 3.63) is 66.2 Å². The Morgan fingerprint density at radius 3 is 2.43 bits per heavy atom. The van der Waals surface area contributed by atoms with Crippen LogP contribution >= 0.6 is 0 Å². The van der Waals surface area contributed by atoms with Crippen molar-refractivity contribution in [1.82, 2.24) is 15.5 Å². The van der Waals surface area contributed by atoms with Crippen molar-refractivity contribution in [2.75, 3.05) is 11.9 Å². The van der Waals surface area contributed by atoms with Crippen LogP contribution in [-0.2, 0) is 16.0 Å². The summed E-state index contributed by atoms with van der Waals surface area (Å²) in [6.07, 6.45) is 0.874. The molecule has 3 N–H and O–H groups in total. The van der Waals surface area contributed by atoms with E-state index >= 15 is 0 Å². The van der Waals surface area contributed by atoms with Crippen molar-refractivity contribution in [3.63, 3.8) is 0 Å². The van der Waals surface area contributed by atoms with Crippen LogP contribution in [-0.4, -0.2) is 47.4 Å². The normalized spacial score (nSPS) is 23.7. The summed E-state index contributed by atoms with van der Waals surface area (Å²) in [4.78, 5) is 39.2. The van der Waals surface area contributed by atoms with Gasteiger partial charge in [0.15, 0.2) is 0 Å². The maximum atomic E-state index is 12.9. The van der Waals surface area contributed by atoms with E-state index in [0.29, 0.717) is 25.1 Å². The van der Waals surface area contributed by atoms with Crippen LogP contribution < -0.4 is 16.0 Å². The zero-order valence-electron chi connectivity index (χ0n) is 15.3. The van der Waals surface area contributed by atoms with Gasteiger partial charge in [-0.3, -0.25) is 9.59 Å². The van der Waals surface area contributed by atoms with Gasteiger partial charge in [0.25, 0.3) is 0 Å². The van der Waals surface area contributed by atoms with Crippen LogP contribution in [0.5, 0.6) is 0 Å². The SMILES string of the molecule is O=C(Nc1ccccc1)N[C@H]1C[C@H]2C(=O)N[C@H](Cc3ccccc3)C(=O)N2C1. The number of para-hydroxylation sites is 1. The maximum absolute atomic E-state index is 12.9. The lowest BCUT2D eigenvalue weighted by Gasteiger charge is -2.34. The molecule has 2 fully saturated rings. The van der Waals surface area contributed by atoms with E-state index in [1.54, 1.807) is 17.0 Å². The number of anilines is 1. The highest BCUT2D eigenvalue weighted by Crippen LogP contribution is 2.24. The number of fused-ring (bicyclic) bond motifs is 1. The fourth-order valence-electron chi connectivity index (χ4n) is 3.82. The van der Waals surface area contributed by atoms with E-state index in [9.17, 15) is 14.4 Å². The van der Waals surface area contributed by atoms with Crippen molar-refractivity contribution < 1.29 is 14.4 Å². The molecule has 0 radical (unpaired) electrons. The number of carbonyl (C=O) groups is 3. The van der Waals surface area contributed by atoms with Crippen LogP contribution in [0.3, 0.4) is 0 Å². The summed E-state index contributed by atoms with van der Waals surface area (Å²) in [5.74, 6) is -0.255. The standard InChI is InChI=1S/C21H22N4O3/c26-19-18-12-16(23-21(28)22-15-9-5-2-6-10-15)13-25(18)20(27)17(24-19)11-14-7-3-1-4-8-14/h1-10,16-18H,11-13H2,(H,24,26)(H2,22,23,28)/t16-,17+,18-/m0/s1. The summed E-state index contributed by atoms with van der Waals surface area (Å²) < 4.78 is 0. The summed E-state index contributed by atoms with van der Waals surface area (Å²) in [5.41, 5.74) is 1.68. The Bertz CT molecular complexity index is 872. The van der Waals surface area contributed by atoms with E-state index in [4.69, 9.17) is 0 Å². The molecule has 0 saturated carbocycles. The Labute approximate surface area is 163 Å². The van der Waals surface area contributed by atoms with Crippen LogP contribution in [0.25, 0.3) is 0 Å². The predicted molar refractivity (Wildman–Crippen MR) is 105 cm³/mol. The lowest BCUT2D eigenvalue weighted by molar-refractivity contribution is -0.147. The number of nitrogens with zero attached hydrogens (tertiary/aromatic N) is 1. The van der Waals surface area contributed by atoms with Gasteiger partial charge in [-0.05, 0) is 24.1 Å². The van der Waals surface area contributed by atoms with Gasteiger partial charge >= 0.3 is 6.03 Å². The number of piperazine rings is 1. The molecule has 7 nitrogen and oxygen atoms in total. The van der Waals surface area contributed by atoms with Crippen molar-refractivity contribution in [1.29, 1.82) is 0 Å². The molecule has 0 bridgehead atoms. The van der Waals surface area contributed by atoms with Crippen LogP contribution in [0.2, 0.25) is 0 Å². The summed E-state index contributed by atoms with van der Waals surface area (Å²) in [6, 6.07) is 17.0. The summed E-state index contributed by atoms with van der Waals surface area (Å²) in [6.45, 7) is 0.338. The fraction of sp³-hybridized carbons (Fsp3) is 0.286. The molecule has 3 atom stereocenters. The van der Waals surface area contributed by atoms with Crippen molar-refractivity contribution in [2.45, 2.75) is 31.0 Å². The number of hydrogen-bond donors (Lipinski definition) is 3. The number of benzene rings is 2. The molecule has 0 unspecified atom stereocenters. The molecule has 2 saturated heterocycles. The number of nitrogens with one attached hydrogen (secondary N) is 3. The minimum Gasteiger partial charge on any atom is -0.342 e. The third-order valence-electron chi connectivity index (χ3n) is 5.15. The smallest absolute Gasteiger partial charge is 0.319 e. The predicted octanol–water partition coefficient (Wildman–Crippen LogP) is 1.52. The van der Waals surface area contributed by atoms with Gasteiger partial charge in [0.1, 0.15) is 12.1 Å². The van der Waals surface area contributed by atoms with Gasteiger partial charge in [-0.1, -0.05) is 48.5 Å². The van der Waals surface area contributed by atoms with Crippen LogP contribution in [0.15, 0.2) is 60.7 Å². The first kappa shape index (κ1) is 18.0. The summed E-state index contributed by atoms with van der Waals surface area (Å²) in [5, 5.41) is 8.47. The molecule has 0 aliphatic carbocycles. The van der Waals surface area contributed by atoms with E-state index in [1.807, 2.05) is 48.5 Å². The third kappa shape index (κ3) is 3.83. The molecule has 2 aromatic carbocycles. The molecular weight excluding hydrogens is 356 g/mol. The van der Waals surface area contributed by atoms with Crippen molar-refractivity contribution in [3.8, 4) is 0 Å². The monoisotopic (exact) mass is 378 g/mol. The Morgan fingerprint density at radius 2 is 1.71 bits per heavy atom. The molecule has 2 aromatic rings. The zero-order valence-corrected chi connectivity index (χ0v) is 15.3. The second-order valence-corrected chi connectivity index (χ2v) is 7.15. The Morgan fingerprint density at radius 1 is 1.04 bits per heavy atom. The molecule has 4 amide bonds. The van der Waals surface area contributed by atoms with Crippen LogP contribution in [0.1, 0.15) is 12.0 Å². The number of amides is 4. The van der Waals surface area contributed by atoms with Gasteiger partial charge in [-0.25, -0.2) is 4.79 Å². The molecule has 0 aromatic heterocycles. The number of urea groups is 1. The molecule has 144 valence electrons. The lowest BCUT2D eigenvalue weighted by Crippen LogP contribution is -2.61. The minimum absolute atomic E-state index is 0.0961. The molecule has 2 aliphatic heterocycles. The molecule has 2 heterocycles. The molecular formula is C21H22N4O3. The number of hydrogen-bond acceptors (Lipinski definition) is 3. The highest BCUT2D eigenvalue weighted by molar-refractivity contribution is 5.98. The topological polar surface area (TPSA) is 90.5 Å². The minimum atomic E-state index is -0.567. The fourth-order valence-corrected chi connectivity index (χ4v) is 3.82. The van der Waals surface area contributed by atoms with Crippen LogP contribution in [0, 0.1) is 0 Å². The first-order valence-electron chi connectivity index (χ1n) is 9.37. The zero-order chi connectivity index (χ0) is 19.5. The summed E-state index contributed by atoms with van der Waals surface area (Å²) in [7, 11) is 0. The first-order valence-corrected chi connectivity index (χ1v) is 9.37. The van der Waals surface area contributed by atoms with Crippen molar-refractivity contribution >= 4 is 23.5 Å². The Kier molecular flexibility index (Phi) is 4.97. The van der Waals surface area contributed by atoms with E-state index in [0.717, 1.165) is 5.56 Å².